The van der Waals surface area contributed by atoms with Crippen LogP contribution in [0, 0.1) is 0 Å². The van der Waals surface area contributed by atoms with Crippen molar-refractivity contribution < 1.29 is 63.6 Å². The lowest BCUT2D eigenvalue weighted by Crippen LogP contribution is -2.64. The average Bonchev–Trinajstić information content (AvgIpc) is 2.70. The van der Waals surface area contributed by atoms with Crippen molar-refractivity contribution in [3.8, 4) is 0 Å². The maximum atomic E-state index is 11.9. The van der Waals surface area contributed by atoms with Crippen LogP contribution >= 0.6 is 7.60 Å². The van der Waals surface area contributed by atoms with Gasteiger partial charge < -0.3 is 64.7 Å². The Morgan fingerprint density at radius 3 is 2.10 bits per heavy atom. The first-order chi connectivity index (χ1) is 14.1. The summed E-state index contributed by atoms with van der Waals surface area (Å²) in [5.74, 6) is 0. The predicted molar refractivity (Wildman–Crippen MR) is 96.0 cm³/mol. The molecule has 0 aromatic rings. The zero-order valence-electron chi connectivity index (χ0n) is 16.2. The third-order valence-electron chi connectivity index (χ3n) is 4.86. The minimum atomic E-state index is -4.07. The first-order valence-corrected chi connectivity index (χ1v) is 11.0. The second-order valence-corrected chi connectivity index (χ2v) is 8.98. The SMILES string of the molecule is CO[C@H]1O[C@H](COP(=O)(O)CCN)[C@@H](O[C@H]2O[C@H](CO)[C@@H](O)[C@H](O)[C@@H]2O)[C@H](O)[C@H]1O. The molecular weight excluding hydrogens is 433 g/mol. The van der Waals surface area contributed by atoms with Crippen LogP contribution < -0.4 is 5.73 Å². The van der Waals surface area contributed by atoms with Crippen molar-refractivity contribution in [1.29, 1.82) is 0 Å². The smallest absolute Gasteiger partial charge is 0.329 e. The van der Waals surface area contributed by atoms with Crippen molar-refractivity contribution in [2.24, 2.45) is 5.73 Å². The van der Waals surface area contributed by atoms with Crippen LogP contribution in [0.5, 0.6) is 0 Å². The van der Waals surface area contributed by atoms with E-state index in [0.717, 1.165) is 0 Å². The second kappa shape index (κ2) is 11.0. The van der Waals surface area contributed by atoms with Crippen LogP contribution in [0.15, 0.2) is 0 Å². The second-order valence-electron chi connectivity index (χ2n) is 7.00. The van der Waals surface area contributed by atoms with Gasteiger partial charge in [-0.15, -0.1) is 0 Å². The molecule has 0 aliphatic carbocycles. The zero-order chi connectivity index (χ0) is 22.6. The Balaban J connectivity index is 2.18. The Bertz CT molecular complexity index is 583. The zero-order valence-corrected chi connectivity index (χ0v) is 17.1. The molecule has 0 aromatic heterocycles. The highest BCUT2D eigenvalue weighted by Crippen LogP contribution is 2.42. The van der Waals surface area contributed by atoms with E-state index in [9.17, 15) is 40.1 Å². The van der Waals surface area contributed by atoms with E-state index in [1.807, 2.05) is 0 Å². The molecule has 2 aliphatic heterocycles. The molecule has 9 N–H and O–H groups in total. The minimum absolute atomic E-state index is 0.119. The molecule has 2 heterocycles. The monoisotopic (exact) mass is 463 g/mol. The maximum Gasteiger partial charge on any atom is 0.329 e. The van der Waals surface area contributed by atoms with Gasteiger partial charge in [0.25, 0.3) is 0 Å². The van der Waals surface area contributed by atoms with E-state index in [2.05, 4.69) is 0 Å². The molecule has 11 atom stereocenters. The highest BCUT2D eigenvalue weighted by Gasteiger charge is 2.51. The van der Waals surface area contributed by atoms with Crippen molar-refractivity contribution in [2.75, 3.05) is 33.0 Å². The van der Waals surface area contributed by atoms with E-state index in [0.29, 0.717) is 0 Å². The average molecular weight is 463 g/mol. The minimum Gasteiger partial charge on any atom is -0.394 e. The van der Waals surface area contributed by atoms with Crippen molar-refractivity contribution in [3.05, 3.63) is 0 Å². The summed E-state index contributed by atoms with van der Waals surface area (Å²) in [6.45, 7) is -1.41. The fourth-order valence-electron chi connectivity index (χ4n) is 3.16. The van der Waals surface area contributed by atoms with Crippen LogP contribution in [0.4, 0.5) is 0 Å². The van der Waals surface area contributed by atoms with Crippen LogP contribution in [0.25, 0.3) is 0 Å². The van der Waals surface area contributed by atoms with Crippen molar-refractivity contribution in [3.63, 3.8) is 0 Å². The van der Waals surface area contributed by atoms with Gasteiger partial charge in [-0.1, -0.05) is 0 Å². The van der Waals surface area contributed by atoms with E-state index in [1.54, 1.807) is 0 Å². The molecule has 2 saturated heterocycles. The van der Waals surface area contributed by atoms with Gasteiger partial charge in [-0.2, -0.15) is 0 Å². The fraction of sp³-hybridized carbons (Fsp3) is 1.00. The number of rotatable bonds is 9. The van der Waals surface area contributed by atoms with Gasteiger partial charge in [0.05, 0.1) is 19.4 Å². The molecule has 2 aliphatic rings. The van der Waals surface area contributed by atoms with Crippen LogP contribution in [0.2, 0.25) is 0 Å². The molecule has 1 unspecified atom stereocenters. The van der Waals surface area contributed by atoms with E-state index in [1.165, 1.54) is 7.11 Å². The normalized spacial score (nSPS) is 44.6. The summed E-state index contributed by atoms with van der Waals surface area (Å²) in [7, 11) is -2.87. The molecule has 0 saturated carbocycles. The lowest BCUT2D eigenvalue weighted by molar-refractivity contribution is -0.356. The lowest BCUT2D eigenvalue weighted by atomic mass is 9.97. The number of aliphatic hydroxyl groups excluding tert-OH is 6. The third kappa shape index (κ3) is 5.94. The molecule has 0 aromatic carbocycles. The first kappa shape index (κ1) is 26.0. The number of hydrogen-bond donors (Lipinski definition) is 8. The number of ether oxygens (including phenoxy) is 4. The van der Waals surface area contributed by atoms with Gasteiger partial charge in [-0.3, -0.25) is 4.57 Å². The van der Waals surface area contributed by atoms with E-state index in [-0.39, 0.29) is 12.7 Å². The third-order valence-corrected chi connectivity index (χ3v) is 6.24. The van der Waals surface area contributed by atoms with E-state index >= 15 is 0 Å². The summed E-state index contributed by atoms with van der Waals surface area (Å²) >= 11 is 0. The number of aliphatic hydroxyl groups is 6. The molecular formula is C15H30NO13P. The summed E-state index contributed by atoms with van der Waals surface area (Å²) in [6.07, 6.45) is -15.8. The summed E-state index contributed by atoms with van der Waals surface area (Å²) in [4.78, 5) is 9.73. The number of nitrogens with two attached hydrogens (primary N) is 1. The molecule has 0 bridgehead atoms. The molecule has 30 heavy (non-hydrogen) atoms. The molecule has 178 valence electrons. The van der Waals surface area contributed by atoms with Crippen LogP contribution in [-0.4, -0.2) is 130 Å². The molecule has 0 radical (unpaired) electrons. The number of hydrogen-bond acceptors (Lipinski definition) is 13. The quantitative estimate of drug-likeness (QED) is 0.150. The van der Waals surface area contributed by atoms with Crippen molar-refractivity contribution in [2.45, 2.75) is 61.4 Å². The van der Waals surface area contributed by atoms with Crippen LogP contribution in [-0.2, 0) is 28.0 Å². The molecule has 0 amide bonds. The van der Waals surface area contributed by atoms with Crippen molar-refractivity contribution in [1.82, 2.24) is 0 Å². The van der Waals surface area contributed by atoms with Gasteiger partial charge in [-0.05, 0) is 0 Å². The van der Waals surface area contributed by atoms with Crippen LogP contribution in [0.1, 0.15) is 0 Å². The lowest BCUT2D eigenvalue weighted by Gasteiger charge is -2.46. The van der Waals surface area contributed by atoms with E-state index < -0.39 is 82.2 Å². The Morgan fingerprint density at radius 2 is 1.53 bits per heavy atom. The fourth-order valence-corrected chi connectivity index (χ4v) is 3.99. The molecule has 2 rings (SSSR count). The Kier molecular flexibility index (Phi) is 9.55. The number of methoxy groups -OCH3 is 1. The summed E-state index contributed by atoms with van der Waals surface area (Å²) < 4.78 is 38.0. The Labute approximate surface area is 172 Å². The molecule has 0 spiro atoms. The Morgan fingerprint density at radius 1 is 0.933 bits per heavy atom. The van der Waals surface area contributed by atoms with Gasteiger partial charge in [0.2, 0.25) is 0 Å². The summed E-state index contributed by atoms with van der Waals surface area (Å²) in [6, 6.07) is 0. The van der Waals surface area contributed by atoms with Gasteiger partial charge >= 0.3 is 7.60 Å². The predicted octanol–water partition coefficient (Wildman–Crippen LogP) is -4.57. The molecule has 14 nitrogen and oxygen atoms in total. The largest absolute Gasteiger partial charge is 0.394 e. The van der Waals surface area contributed by atoms with Crippen molar-refractivity contribution >= 4 is 7.60 Å². The van der Waals surface area contributed by atoms with Crippen LogP contribution in [0.3, 0.4) is 0 Å². The maximum absolute atomic E-state index is 11.9. The van der Waals surface area contributed by atoms with Gasteiger partial charge in [0, 0.05) is 13.7 Å². The van der Waals surface area contributed by atoms with E-state index in [4.69, 9.17) is 29.2 Å². The Hall–Kier alpha value is -0.290. The molecule has 2 fully saturated rings. The summed E-state index contributed by atoms with van der Waals surface area (Å²) in [5.41, 5.74) is 5.25. The standard InChI is InChI=1S/C15H30NO13P/c1-25-14-12(22)10(20)13(7(28-14)5-26-30(23,24)3-2-16)29-15-11(21)9(19)8(18)6(4-17)27-15/h6-15,17-22H,2-5,16H2,1H3,(H,23,24)/t6-,7-,8-,9+,10-,11+,12-,13-,14+,15-/m1/s1. The molecule has 15 heteroatoms. The highest BCUT2D eigenvalue weighted by atomic mass is 31.2. The summed E-state index contributed by atoms with van der Waals surface area (Å²) in [5, 5.41) is 59.8. The topological polar surface area (TPSA) is 231 Å². The first-order valence-electron chi connectivity index (χ1n) is 9.23. The van der Waals surface area contributed by atoms with Gasteiger partial charge in [0.15, 0.2) is 12.6 Å². The van der Waals surface area contributed by atoms with Gasteiger partial charge in [0.1, 0.15) is 48.8 Å². The highest BCUT2D eigenvalue weighted by molar-refractivity contribution is 7.52. The van der Waals surface area contributed by atoms with Gasteiger partial charge in [-0.25, -0.2) is 0 Å².